The summed E-state index contributed by atoms with van der Waals surface area (Å²) in [7, 11) is 0. The van der Waals surface area contributed by atoms with Crippen molar-refractivity contribution in [2.75, 3.05) is 0 Å². The molecule has 0 aromatic heterocycles. The van der Waals surface area contributed by atoms with Crippen LogP contribution in [0.25, 0.3) is 0 Å². The summed E-state index contributed by atoms with van der Waals surface area (Å²) in [4.78, 5) is 22.3. The molecule has 1 unspecified atom stereocenters. The van der Waals surface area contributed by atoms with Crippen LogP contribution < -0.4 is 4.74 Å². The van der Waals surface area contributed by atoms with Crippen LogP contribution in [0.5, 0.6) is 5.75 Å². The van der Waals surface area contributed by atoms with Crippen LogP contribution in [0.3, 0.4) is 0 Å². The van der Waals surface area contributed by atoms with Crippen LogP contribution in [0, 0.1) is 0 Å². The minimum atomic E-state index is -2.98. The van der Waals surface area contributed by atoms with E-state index in [2.05, 4.69) is 9.47 Å². The summed E-state index contributed by atoms with van der Waals surface area (Å²) >= 11 is 5.74. The molecular weight excluding hydrogens is 270 g/mol. The fourth-order valence-electron chi connectivity index (χ4n) is 1.65. The Bertz CT molecular complexity index is 504. The van der Waals surface area contributed by atoms with Crippen molar-refractivity contribution >= 4 is 23.5 Å². The standard InChI is InChI=1S/C11H7ClF2O4/c12-7-3-5(1-2-8(7)17-11(13)14)6-4-9(15)18-10(6)16/h1-3,6,11H,4H2. The molecular formula is C11H7ClF2O4. The second-order valence-electron chi connectivity index (χ2n) is 3.62. The Morgan fingerprint density at radius 3 is 2.61 bits per heavy atom. The van der Waals surface area contributed by atoms with Gasteiger partial charge in [0.2, 0.25) is 0 Å². The lowest BCUT2D eigenvalue weighted by molar-refractivity contribution is -0.152. The minimum absolute atomic E-state index is 0.0556. The zero-order chi connectivity index (χ0) is 13.3. The highest BCUT2D eigenvalue weighted by atomic mass is 35.5. The third-order valence-electron chi connectivity index (χ3n) is 2.44. The second kappa shape index (κ2) is 4.89. The van der Waals surface area contributed by atoms with E-state index in [-0.39, 0.29) is 17.2 Å². The van der Waals surface area contributed by atoms with Crippen LogP contribution >= 0.6 is 11.6 Å². The van der Waals surface area contributed by atoms with Gasteiger partial charge in [0.1, 0.15) is 5.75 Å². The smallest absolute Gasteiger partial charge is 0.387 e. The minimum Gasteiger partial charge on any atom is -0.433 e. The summed E-state index contributed by atoms with van der Waals surface area (Å²) in [6.07, 6.45) is -0.0792. The molecule has 1 aliphatic rings. The molecule has 1 fully saturated rings. The maximum Gasteiger partial charge on any atom is 0.387 e. The van der Waals surface area contributed by atoms with Crippen LogP contribution in [-0.2, 0) is 14.3 Å². The number of ether oxygens (including phenoxy) is 2. The van der Waals surface area contributed by atoms with Crippen LogP contribution in [0.1, 0.15) is 17.9 Å². The van der Waals surface area contributed by atoms with Crippen molar-refractivity contribution in [1.82, 2.24) is 0 Å². The van der Waals surface area contributed by atoms with Crippen molar-refractivity contribution in [1.29, 1.82) is 0 Å². The molecule has 0 saturated carbocycles. The van der Waals surface area contributed by atoms with E-state index in [1.807, 2.05) is 0 Å². The van der Waals surface area contributed by atoms with Gasteiger partial charge in [-0.05, 0) is 17.7 Å². The highest BCUT2D eigenvalue weighted by Gasteiger charge is 2.34. The molecule has 7 heteroatoms. The molecule has 1 heterocycles. The van der Waals surface area contributed by atoms with Gasteiger partial charge >= 0.3 is 18.6 Å². The largest absolute Gasteiger partial charge is 0.433 e. The Balaban J connectivity index is 2.23. The molecule has 1 aliphatic heterocycles. The predicted octanol–water partition coefficient (Wildman–Crippen LogP) is 2.50. The van der Waals surface area contributed by atoms with Gasteiger partial charge in [-0.3, -0.25) is 9.59 Å². The van der Waals surface area contributed by atoms with Crippen molar-refractivity contribution in [2.24, 2.45) is 0 Å². The number of benzene rings is 1. The molecule has 18 heavy (non-hydrogen) atoms. The first-order valence-electron chi connectivity index (χ1n) is 4.96. The molecule has 0 amide bonds. The number of alkyl halides is 2. The van der Waals surface area contributed by atoms with Gasteiger partial charge in [0.25, 0.3) is 0 Å². The van der Waals surface area contributed by atoms with E-state index >= 15 is 0 Å². The number of carbonyl (C=O) groups excluding carboxylic acids is 2. The molecule has 0 radical (unpaired) electrons. The van der Waals surface area contributed by atoms with Crippen molar-refractivity contribution < 1.29 is 27.8 Å². The fraction of sp³-hybridized carbons (Fsp3) is 0.273. The summed E-state index contributed by atoms with van der Waals surface area (Å²) in [5.74, 6) is -2.21. The average Bonchev–Trinajstić information content (AvgIpc) is 2.60. The Morgan fingerprint density at radius 1 is 1.39 bits per heavy atom. The third kappa shape index (κ3) is 2.59. The maximum atomic E-state index is 12.0. The summed E-state index contributed by atoms with van der Waals surface area (Å²) in [5.41, 5.74) is 0.428. The summed E-state index contributed by atoms with van der Waals surface area (Å²) < 4.78 is 32.6. The topological polar surface area (TPSA) is 52.6 Å². The molecule has 2 rings (SSSR count). The van der Waals surface area contributed by atoms with E-state index in [1.165, 1.54) is 18.2 Å². The van der Waals surface area contributed by atoms with Crippen molar-refractivity contribution in [3.05, 3.63) is 28.8 Å². The zero-order valence-electron chi connectivity index (χ0n) is 8.86. The van der Waals surface area contributed by atoms with Gasteiger partial charge in [0, 0.05) is 0 Å². The molecule has 1 aromatic rings. The molecule has 0 N–H and O–H groups in total. The van der Waals surface area contributed by atoms with Crippen LogP contribution in [0.4, 0.5) is 8.78 Å². The molecule has 0 aliphatic carbocycles. The molecule has 1 atom stereocenters. The molecule has 1 aromatic carbocycles. The molecule has 1 saturated heterocycles. The van der Waals surface area contributed by atoms with E-state index in [0.29, 0.717) is 5.56 Å². The SMILES string of the molecule is O=C1CC(c2ccc(OC(F)F)c(Cl)c2)C(=O)O1. The van der Waals surface area contributed by atoms with Crippen molar-refractivity contribution in [3.8, 4) is 5.75 Å². The third-order valence-corrected chi connectivity index (χ3v) is 2.74. The van der Waals surface area contributed by atoms with Gasteiger partial charge in [-0.1, -0.05) is 17.7 Å². The number of esters is 2. The van der Waals surface area contributed by atoms with Crippen LogP contribution in [0.2, 0.25) is 5.02 Å². The number of halogens is 3. The highest BCUT2D eigenvalue weighted by molar-refractivity contribution is 6.32. The zero-order valence-corrected chi connectivity index (χ0v) is 9.62. The lowest BCUT2D eigenvalue weighted by Gasteiger charge is -2.10. The Kier molecular flexibility index (Phi) is 3.47. The second-order valence-corrected chi connectivity index (χ2v) is 4.03. The summed E-state index contributed by atoms with van der Waals surface area (Å²) in [6.45, 7) is -2.98. The van der Waals surface area contributed by atoms with Gasteiger partial charge < -0.3 is 9.47 Å². The fourth-order valence-corrected chi connectivity index (χ4v) is 1.89. The van der Waals surface area contributed by atoms with Crippen LogP contribution in [-0.4, -0.2) is 18.6 Å². The van der Waals surface area contributed by atoms with Gasteiger partial charge in [0.15, 0.2) is 0 Å². The van der Waals surface area contributed by atoms with E-state index in [1.54, 1.807) is 0 Å². The van der Waals surface area contributed by atoms with E-state index < -0.39 is 24.5 Å². The first-order valence-corrected chi connectivity index (χ1v) is 5.34. The van der Waals surface area contributed by atoms with E-state index in [0.717, 1.165) is 0 Å². The summed E-state index contributed by atoms with van der Waals surface area (Å²) in [6, 6.07) is 3.93. The normalized spacial score (nSPS) is 19.2. The number of rotatable bonds is 3. The first kappa shape index (κ1) is 12.8. The Hall–Kier alpha value is -1.69. The lowest BCUT2D eigenvalue weighted by Crippen LogP contribution is -2.06. The number of hydrogen-bond donors (Lipinski definition) is 0. The van der Waals surface area contributed by atoms with Crippen LogP contribution in [0.15, 0.2) is 18.2 Å². The van der Waals surface area contributed by atoms with Gasteiger partial charge in [-0.2, -0.15) is 8.78 Å². The van der Waals surface area contributed by atoms with Gasteiger partial charge in [0.05, 0.1) is 17.4 Å². The quantitative estimate of drug-likeness (QED) is 0.629. The monoisotopic (exact) mass is 276 g/mol. The van der Waals surface area contributed by atoms with Crippen molar-refractivity contribution in [3.63, 3.8) is 0 Å². The Labute approximate surface area is 105 Å². The van der Waals surface area contributed by atoms with Crippen molar-refractivity contribution in [2.45, 2.75) is 19.0 Å². The maximum absolute atomic E-state index is 12.0. The summed E-state index contributed by atoms with van der Waals surface area (Å²) in [5, 5.41) is -0.0556. The Morgan fingerprint density at radius 2 is 2.11 bits per heavy atom. The number of hydrogen-bond acceptors (Lipinski definition) is 4. The average molecular weight is 277 g/mol. The number of cyclic esters (lactones) is 2. The lowest BCUT2D eigenvalue weighted by atomic mass is 9.98. The number of carbonyl (C=O) groups is 2. The molecule has 0 bridgehead atoms. The van der Waals surface area contributed by atoms with Gasteiger partial charge in [-0.15, -0.1) is 0 Å². The van der Waals surface area contributed by atoms with E-state index in [4.69, 9.17) is 11.6 Å². The highest BCUT2D eigenvalue weighted by Crippen LogP contribution is 2.33. The van der Waals surface area contributed by atoms with E-state index in [9.17, 15) is 18.4 Å². The molecule has 4 nitrogen and oxygen atoms in total. The first-order chi connectivity index (χ1) is 8.47. The molecule has 96 valence electrons. The van der Waals surface area contributed by atoms with Gasteiger partial charge in [-0.25, -0.2) is 0 Å². The molecule has 0 spiro atoms. The predicted molar refractivity (Wildman–Crippen MR) is 56.5 cm³/mol.